The normalized spacial score (nSPS) is 15.1. The molecule has 0 fully saturated rings. The number of para-hydroxylation sites is 3. The van der Waals surface area contributed by atoms with Crippen LogP contribution >= 0.6 is 0 Å². The van der Waals surface area contributed by atoms with Gasteiger partial charge in [0.25, 0.3) is 0 Å². The van der Waals surface area contributed by atoms with Gasteiger partial charge in [-0.3, -0.25) is 0 Å². The van der Waals surface area contributed by atoms with Crippen LogP contribution in [0.1, 0.15) is 55.5 Å². The molecule has 7 aromatic carbocycles. The van der Waals surface area contributed by atoms with Gasteiger partial charge in [0.15, 0.2) is 0 Å². The molecule has 0 spiro atoms. The molecule has 3 heteroatoms. The van der Waals surface area contributed by atoms with Crippen molar-refractivity contribution >= 4 is 55.8 Å². The first kappa shape index (κ1) is 36.3. The van der Waals surface area contributed by atoms with Crippen molar-refractivity contribution in [3.63, 3.8) is 0 Å². The Bertz CT molecular complexity index is 3020. The van der Waals surface area contributed by atoms with Crippen molar-refractivity contribution in [2.24, 2.45) is 0 Å². The van der Waals surface area contributed by atoms with Gasteiger partial charge in [0.1, 0.15) is 0 Å². The third-order valence-corrected chi connectivity index (χ3v) is 12.9. The molecule has 286 valence electrons. The van der Waals surface area contributed by atoms with Gasteiger partial charge in [-0.2, -0.15) is 0 Å². The van der Waals surface area contributed by atoms with Crippen LogP contribution in [0.5, 0.6) is 0 Å². The summed E-state index contributed by atoms with van der Waals surface area (Å²) in [5.41, 5.74) is 17.8. The summed E-state index contributed by atoms with van der Waals surface area (Å²) in [7, 11) is 0. The molecule has 59 heavy (non-hydrogen) atoms. The van der Waals surface area contributed by atoms with Crippen LogP contribution in [-0.2, 0) is 10.8 Å². The molecule has 0 atom stereocenters. The quantitative estimate of drug-likeness (QED) is 0.160. The number of fused-ring (bicyclic) bond motifs is 6. The SMILES string of the molecule is C=CC1=C(C=C)C(C)(C)c2cc3c(cc2N1c1ccccc1)c1cc2c(cc1n3-c1ccc(C(=C)c3ccccc3)cc1)C(C)(C)c1ccccc1N2c1ccccc1. The molecule has 0 saturated carbocycles. The zero-order chi connectivity index (χ0) is 40.6. The summed E-state index contributed by atoms with van der Waals surface area (Å²) in [6, 6.07) is 59.5. The van der Waals surface area contributed by atoms with Gasteiger partial charge in [0.2, 0.25) is 0 Å². The summed E-state index contributed by atoms with van der Waals surface area (Å²) < 4.78 is 2.48. The van der Waals surface area contributed by atoms with Crippen LogP contribution in [0.3, 0.4) is 0 Å². The van der Waals surface area contributed by atoms with E-state index in [1.54, 1.807) is 0 Å². The third-order valence-electron chi connectivity index (χ3n) is 12.9. The standard InChI is InChI=1S/C56H47N3/c1-8-45-49(9-2)57(40-23-15-11-16-24-40)53-33-43-44-34-54-48(56(6,7)46-27-19-20-28-50(46)58(54)41-25-17-12-18-26-41)36-52(44)59(51(43)35-47(53)55(45,4)5)42-31-29-39(30-32-42)37(3)38-21-13-10-14-22-38/h8-36H,1-3H2,4-7H3. The van der Waals surface area contributed by atoms with E-state index in [4.69, 9.17) is 0 Å². The molecule has 10 rings (SSSR count). The highest BCUT2D eigenvalue weighted by Gasteiger charge is 2.40. The predicted octanol–water partition coefficient (Wildman–Crippen LogP) is 15.0. The molecule has 0 N–H and O–H groups in total. The van der Waals surface area contributed by atoms with Crippen LogP contribution in [0.25, 0.3) is 33.1 Å². The Kier molecular flexibility index (Phi) is 8.29. The largest absolute Gasteiger partial charge is 0.310 e. The second-order valence-electron chi connectivity index (χ2n) is 16.8. The molecule has 0 radical (unpaired) electrons. The summed E-state index contributed by atoms with van der Waals surface area (Å²) in [6.45, 7) is 22.5. The zero-order valence-electron chi connectivity index (χ0n) is 34.2. The second-order valence-corrected chi connectivity index (χ2v) is 16.8. The maximum atomic E-state index is 4.49. The Labute approximate surface area is 347 Å². The fourth-order valence-corrected chi connectivity index (χ4v) is 9.81. The minimum absolute atomic E-state index is 0.267. The van der Waals surface area contributed by atoms with E-state index in [0.717, 1.165) is 56.2 Å². The molecule has 3 heterocycles. The van der Waals surface area contributed by atoms with Gasteiger partial charge >= 0.3 is 0 Å². The van der Waals surface area contributed by atoms with Crippen LogP contribution in [0.2, 0.25) is 0 Å². The van der Waals surface area contributed by atoms with Crippen molar-refractivity contribution in [3.8, 4) is 5.69 Å². The van der Waals surface area contributed by atoms with Crippen molar-refractivity contribution in [3.05, 3.63) is 235 Å². The van der Waals surface area contributed by atoms with Gasteiger partial charge < -0.3 is 14.4 Å². The third kappa shape index (κ3) is 5.42. The number of aromatic nitrogens is 1. The summed E-state index contributed by atoms with van der Waals surface area (Å²) in [5, 5.41) is 2.38. The van der Waals surface area contributed by atoms with E-state index < -0.39 is 0 Å². The minimum Gasteiger partial charge on any atom is -0.310 e. The number of anilines is 5. The van der Waals surface area contributed by atoms with Gasteiger partial charge in [0, 0.05) is 44.4 Å². The van der Waals surface area contributed by atoms with Crippen LogP contribution in [0.15, 0.2) is 207 Å². The van der Waals surface area contributed by atoms with E-state index in [1.165, 1.54) is 44.4 Å². The van der Waals surface area contributed by atoms with Crippen LogP contribution in [0.4, 0.5) is 28.4 Å². The van der Waals surface area contributed by atoms with E-state index >= 15 is 0 Å². The number of benzene rings is 7. The molecular weight excluding hydrogens is 715 g/mol. The molecule has 0 aliphatic carbocycles. The zero-order valence-corrected chi connectivity index (χ0v) is 34.2. The number of nitrogens with zero attached hydrogens (tertiary/aromatic N) is 3. The van der Waals surface area contributed by atoms with Gasteiger partial charge in [-0.05, 0) is 112 Å². The van der Waals surface area contributed by atoms with E-state index in [9.17, 15) is 0 Å². The molecule has 0 unspecified atom stereocenters. The van der Waals surface area contributed by atoms with Crippen LogP contribution < -0.4 is 9.80 Å². The highest BCUT2D eigenvalue weighted by Crippen LogP contribution is 2.55. The summed E-state index contributed by atoms with van der Waals surface area (Å²) in [5.74, 6) is 0. The molecule has 0 amide bonds. The molecule has 0 bridgehead atoms. The monoisotopic (exact) mass is 761 g/mol. The molecule has 3 nitrogen and oxygen atoms in total. The Morgan fingerprint density at radius 3 is 1.53 bits per heavy atom. The molecule has 0 saturated heterocycles. The van der Waals surface area contributed by atoms with E-state index in [0.29, 0.717) is 0 Å². The van der Waals surface area contributed by atoms with Crippen molar-refractivity contribution in [2.75, 3.05) is 9.80 Å². The Balaban J connectivity index is 1.30. The lowest BCUT2D eigenvalue weighted by Crippen LogP contribution is -2.33. The molecule has 8 aromatic rings. The average molecular weight is 762 g/mol. The van der Waals surface area contributed by atoms with E-state index in [-0.39, 0.29) is 10.8 Å². The minimum atomic E-state index is -0.356. The molecule has 2 aliphatic rings. The van der Waals surface area contributed by atoms with Gasteiger partial charge in [-0.25, -0.2) is 0 Å². The second kappa shape index (κ2) is 13.5. The lowest BCUT2D eigenvalue weighted by Gasteiger charge is -2.42. The van der Waals surface area contributed by atoms with Gasteiger partial charge in [0.05, 0.1) is 28.1 Å². The lowest BCUT2D eigenvalue weighted by atomic mass is 9.72. The van der Waals surface area contributed by atoms with Gasteiger partial charge in [-0.15, -0.1) is 0 Å². The van der Waals surface area contributed by atoms with Gasteiger partial charge in [-0.1, -0.05) is 151 Å². The Morgan fingerprint density at radius 2 is 0.949 bits per heavy atom. The molecular formula is C56H47N3. The number of hydrogen-bond donors (Lipinski definition) is 0. The van der Waals surface area contributed by atoms with Crippen molar-refractivity contribution in [1.82, 2.24) is 4.57 Å². The van der Waals surface area contributed by atoms with Crippen molar-refractivity contribution < 1.29 is 0 Å². The first-order valence-corrected chi connectivity index (χ1v) is 20.5. The van der Waals surface area contributed by atoms with Crippen molar-refractivity contribution in [2.45, 2.75) is 38.5 Å². The highest BCUT2D eigenvalue weighted by molar-refractivity contribution is 6.13. The summed E-state index contributed by atoms with van der Waals surface area (Å²) in [6.07, 6.45) is 4.00. The average Bonchev–Trinajstić information content (AvgIpc) is 3.58. The topological polar surface area (TPSA) is 11.4 Å². The number of allylic oxidation sites excluding steroid dienone is 3. The van der Waals surface area contributed by atoms with Crippen molar-refractivity contribution in [1.29, 1.82) is 0 Å². The van der Waals surface area contributed by atoms with E-state index in [1.807, 2.05) is 18.2 Å². The summed E-state index contributed by atoms with van der Waals surface area (Å²) >= 11 is 0. The lowest BCUT2D eigenvalue weighted by molar-refractivity contribution is 0.622. The highest BCUT2D eigenvalue weighted by atomic mass is 15.2. The van der Waals surface area contributed by atoms with E-state index in [2.05, 4.69) is 220 Å². The number of hydrogen-bond acceptors (Lipinski definition) is 2. The smallest absolute Gasteiger partial charge is 0.0545 e. The fraction of sp³-hybridized carbons (Fsp3) is 0.107. The Morgan fingerprint density at radius 1 is 0.458 bits per heavy atom. The van der Waals surface area contributed by atoms with Crippen LogP contribution in [-0.4, -0.2) is 4.57 Å². The Hall–Kier alpha value is -7.10. The first-order chi connectivity index (χ1) is 28.6. The molecule has 2 aliphatic heterocycles. The van der Waals surface area contributed by atoms with Crippen LogP contribution in [0, 0.1) is 0 Å². The maximum absolute atomic E-state index is 4.49. The fourth-order valence-electron chi connectivity index (χ4n) is 9.81. The summed E-state index contributed by atoms with van der Waals surface area (Å²) in [4.78, 5) is 4.82. The predicted molar refractivity (Wildman–Crippen MR) is 251 cm³/mol. The molecule has 1 aromatic heterocycles. The maximum Gasteiger partial charge on any atom is 0.0545 e. The first-order valence-electron chi connectivity index (χ1n) is 20.5. The number of rotatable bonds is 7.